The van der Waals surface area contributed by atoms with Gasteiger partial charge in [0.1, 0.15) is 0 Å². The molecule has 0 spiro atoms. The van der Waals surface area contributed by atoms with Crippen molar-refractivity contribution in [1.82, 2.24) is 0 Å². The van der Waals surface area contributed by atoms with Gasteiger partial charge in [0, 0.05) is 26.4 Å². The molecule has 0 saturated heterocycles. The zero-order chi connectivity index (χ0) is 16.0. The Morgan fingerprint density at radius 3 is 0.524 bits per heavy atom. The van der Waals surface area contributed by atoms with Crippen LogP contribution in [0.2, 0.25) is 0 Å². The number of hydrogen-bond donors (Lipinski definition) is 4. The first-order chi connectivity index (χ1) is 10.3. The number of aliphatic hydroxyl groups excluding tert-OH is 4. The Morgan fingerprint density at radius 1 is 0.238 bits per heavy atom. The number of aliphatic hydroxyl groups is 4. The van der Waals surface area contributed by atoms with Crippen LogP contribution in [0.5, 0.6) is 0 Å². The number of hydrogen-bond acceptors (Lipinski definition) is 4. The predicted molar refractivity (Wildman–Crippen MR) is 88.4 cm³/mol. The molecule has 0 saturated carbocycles. The van der Waals surface area contributed by atoms with Crippen molar-refractivity contribution in [3.8, 4) is 0 Å². The van der Waals surface area contributed by atoms with Crippen molar-refractivity contribution in [3.05, 3.63) is 0 Å². The van der Waals surface area contributed by atoms with Gasteiger partial charge in [-0.15, -0.1) is 0 Å². The van der Waals surface area contributed by atoms with E-state index in [4.69, 9.17) is 20.4 Å². The van der Waals surface area contributed by atoms with Gasteiger partial charge >= 0.3 is 0 Å². The highest BCUT2D eigenvalue weighted by atomic mass is 16.3. The summed E-state index contributed by atoms with van der Waals surface area (Å²) < 4.78 is 0. The smallest absolute Gasteiger partial charge is 0.0431 e. The first-order valence-electron chi connectivity index (χ1n) is 8.76. The van der Waals surface area contributed by atoms with Crippen molar-refractivity contribution >= 4 is 0 Å². The van der Waals surface area contributed by atoms with E-state index in [0.717, 1.165) is 57.8 Å². The molecule has 0 aromatic rings. The molecule has 0 bridgehead atoms. The number of unbranched alkanes of at least 4 members (excludes halogenated alkanes) is 11. The summed E-state index contributed by atoms with van der Waals surface area (Å²) in [5, 5.41) is 33.8. The van der Waals surface area contributed by atoms with Gasteiger partial charge in [-0.2, -0.15) is 0 Å². The van der Waals surface area contributed by atoms with Gasteiger partial charge in [-0.25, -0.2) is 0 Å². The summed E-state index contributed by atoms with van der Waals surface area (Å²) in [7, 11) is 0. The van der Waals surface area contributed by atoms with Gasteiger partial charge in [-0.3, -0.25) is 0 Å². The van der Waals surface area contributed by atoms with E-state index in [2.05, 4.69) is 0 Å². The van der Waals surface area contributed by atoms with Gasteiger partial charge in [0.05, 0.1) is 0 Å². The molecule has 0 heterocycles. The van der Waals surface area contributed by atoms with Gasteiger partial charge in [-0.1, -0.05) is 57.8 Å². The highest BCUT2D eigenvalue weighted by molar-refractivity contribution is 4.45. The second-order valence-electron chi connectivity index (χ2n) is 5.49. The highest BCUT2D eigenvalue weighted by Crippen LogP contribution is 2.07. The molecule has 0 aliphatic heterocycles. The summed E-state index contributed by atoms with van der Waals surface area (Å²) in [6.07, 6.45) is 14.4. The molecule has 0 aromatic heterocycles. The van der Waals surface area contributed by atoms with Crippen LogP contribution in [0.25, 0.3) is 0 Å². The average Bonchev–Trinajstić information content (AvgIpc) is 2.51. The Bertz CT molecular complexity index is 138. The summed E-state index contributed by atoms with van der Waals surface area (Å²) in [5.41, 5.74) is 0. The van der Waals surface area contributed by atoms with Gasteiger partial charge in [-0.05, 0) is 25.7 Å². The van der Waals surface area contributed by atoms with Gasteiger partial charge in [0.2, 0.25) is 0 Å². The fourth-order valence-corrected chi connectivity index (χ4v) is 2.04. The molecule has 0 fully saturated rings. The van der Waals surface area contributed by atoms with Gasteiger partial charge in [0.15, 0.2) is 0 Å². The van der Waals surface area contributed by atoms with Crippen LogP contribution >= 0.6 is 0 Å². The second kappa shape index (κ2) is 24.8. The molecule has 0 radical (unpaired) electrons. The topological polar surface area (TPSA) is 80.9 Å². The lowest BCUT2D eigenvalue weighted by Crippen LogP contribution is -1.85. The van der Waals surface area contributed by atoms with E-state index in [9.17, 15) is 0 Å². The summed E-state index contributed by atoms with van der Waals surface area (Å²) in [5.74, 6) is 0. The van der Waals surface area contributed by atoms with Crippen LogP contribution in [0, 0.1) is 0 Å². The molecule has 0 atom stereocenters. The monoisotopic (exact) mass is 306 g/mol. The quantitative estimate of drug-likeness (QED) is 0.351. The third-order valence-corrected chi connectivity index (χ3v) is 3.38. The zero-order valence-electron chi connectivity index (χ0n) is 13.8. The molecule has 0 unspecified atom stereocenters. The van der Waals surface area contributed by atoms with Crippen LogP contribution in [-0.4, -0.2) is 46.9 Å². The minimum absolute atomic E-state index is 0.305. The fourth-order valence-electron chi connectivity index (χ4n) is 2.04. The molecular weight excluding hydrogens is 268 g/mol. The fraction of sp³-hybridized carbons (Fsp3) is 1.00. The van der Waals surface area contributed by atoms with E-state index in [-0.39, 0.29) is 0 Å². The second-order valence-corrected chi connectivity index (χ2v) is 5.49. The first kappa shape index (κ1) is 23.1. The highest BCUT2D eigenvalue weighted by Gasteiger charge is 1.90. The maximum absolute atomic E-state index is 8.51. The van der Waals surface area contributed by atoms with E-state index in [1.165, 1.54) is 25.7 Å². The lowest BCUT2D eigenvalue weighted by molar-refractivity contribution is 0.272. The van der Waals surface area contributed by atoms with Crippen LogP contribution in [0.4, 0.5) is 0 Å². The third-order valence-electron chi connectivity index (χ3n) is 3.38. The summed E-state index contributed by atoms with van der Waals surface area (Å²) >= 11 is 0. The van der Waals surface area contributed by atoms with Crippen molar-refractivity contribution in [1.29, 1.82) is 0 Å². The molecule has 4 heteroatoms. The van der Waals surface area contributed by atoms with Crippen LogP contribution < -0.4 is 0 Å². The molecule has 0 aliphatic carbocycles. The van der Waals surface area contributed by atoms with Crippen LogP contribution in [0.15, 0.2) is 0 Å². The Hall–Kier alpha value is -0.160. The Balaban J connectivity index is 0. The van der Waals surface area contributed by atoms with E-state index in [0.29, 0.717) is 26.4 Å². The van der Waals surface area contributed by atoms with Crippen LogP contribution in [0.3, 0.4) is 0 Å². The van der Waals surface area contributed by atoms with E-state index in [1.54, 1.807) is 0 Å². The van der Waals surface area contributed by atoms with Crippen molar-refractivity contribution in [2.45, 2.75) is 83.5 Å². The predicted octanol–water partition coefficient (Wildman–Crippen LogP) is 3.01. The Labute approximate surface area is 131 Å². The lowest BCUT2D eigenvalue weighted by atomic mass is 10.1. The third kappa shape index (κ3) is 28.7. The summed E-state index contributed by atoms with van der Waals surface area (Å²) in [6.45, 7) is 1.28. The maximum Gasteiger partial charge on any atom is 0.0431 e. The average molecular weight is 306 g/mol. The molecule has 21 heavy (non-hydrogen) atoms. The van der Waals surface area contributed by atoms with Gasteiger partial charge in [0.25, 0.3) is 0 Å². The Morgan fingerprint density at radius 2 is 0.381 bits per heavy atom. The molecule has 4 N–H and O–H groups in total. The molecule has 0 rings (SSSR count). The zero-order valence-corrected chi connectivity index (χ0v) is 13.8. The minimum Gasteiger partial charge on any atom is -0.396 e. The molecular formula is C17H38O4. The van der Waals surface area contributed by atoms with Crippen molar-refractivity contribution in [2.75, 3.05) is 26.4 Å². The first-order valence-corrected chi connectivity index (χ1v) is 8.76. The van der Waals surface area contributed by atoms with Crippen molar-refractivity contribution < 1.29 is 20.4 Å². The molecule has 0 aliphatic rings. The van der Waals surface area contributed by atoms with Gasteiger partial charge < -0.3 is 20.4 Å². The van der Waals surface area contributed by atoms with E-state index >= 15 is 0 Å². The standard InChI is InChI=1S/C10H22O2.C7H16O2/c11-9-7-5-3-1-2-4-6-8-10-12;8-6-4-2-1-3-5-7-9/h11-12H,1-10H2;8-9H,1-7H2. The summed E-state index contributed by atoms with van der Waals surface area (Å²) in [4.78, 5) is 0. The largest absolute Gasteiger partial charge is 0.396 e. The van der Waals surface area contributed by atoms with E-state index < -0.39 is 0 Å². The molecule has 4 nitrogen and oxygen atoms in total. The van der Waals surface area contributed by atoms with Crippen molar-refractivity contribution in [2.24, 2.45) is 0 Å². The maximum atomic E-state index is 8.51. The van der Waals surface area contributed by atoms with E-state index in [1.807, 2.05) is 0 Å². The summed E-state index contributed by atoms with van der Waals surface area (Å²) in [6, 6.07) is 0. The van der Waals surface area contributed by atoms with Crippen LogP contribution in [-0.2, 0) is 0 Å². The Kier molecular flexibility index (Phi) is 27.3. The normalized spacial score (nSPS) is 10.3. The van der Waals surface area contributed by atoms with Crippen molar-refractivity contribution in [3.63, 3.8) is 0 Å². The molecule has 0 amide bonds. The number of rotatable bonds is 15. The minimum atomic E-state index is 0.305. The molecule has 130 valence electrons. The van der Waals surface area contributed by atoms with Crippen LogP contribution in [0.1, 0.15) is 83.5 Å². The SMILES string of the molecule is OCCCCCCCCCCO.OCCCCCCCO. The molecule has 0 aromatic carbocycles. The lowest BCUT2D eigenvalue weighted by Gasteiger charge is -1.99.